The molecule has 0 atom stereocenters. The molecular weight excluding hydrogens is 893 g/mol. The van der Waals surface area contributed by atoms with Crippen molar-refractivity contribution in [2.45, 2.75) is 12.4 Å². The van der Waals surface area contributed by atoms with Gasteiger partial charge in [-0.3, -0.25) is 0 Å². The summed E-state index contributed by atoms with van der Waals surface area (Å²) in [5.74, 6) is 1.21. The van der Waals surface area contributed by atoms with E-state index in [-0.39, 0.29) is 17.2 Å². The van der Waals surface area contributed by atoms with Crippen molar-refractivity contribution in [2.75, 3.05) is 0 Å². The lowest BCUT2D eigenvalue weighted by atomic mass is 9.98. The SMILES string of the molecule is FC(F)(F)c1cc(-c2ccc3c4ccccc4n(-c4ccc(-c5ccc6c7ccccc7n(-c7ccccc7)c6c5)cc4-c4nc(-c5ccccc5)nc(-c5ccccc5)n4)c3c2)cc(C(F)(F)F)c1. The van der Waals surface area contributed by atoms with Crippen molar-refractivity contribution in [3.05, 3.63) is 223 Å². The Balaban J connectivity index is 1.14. The fraction of sp³-hybridized carbons (Fsp3) is 0.0339. The van der Waals surface area contributed by atoms with Crippen molar-refractivity contribution in [1.82, 2.24) is 24.1 Å². The number of rotatable bonds is 7. The maximum absolute atomic E-state index is 14.2. The van der Waals surface area contributed by atoms with Crippen LogP contribution in [-0.2, 0) is 12.4 Å². The number of fused-ring (bicyclic) bond motifs is 6. The summed E-state index contributed by atoms with van der Waals surface area (Å²) >= 11 is 0. The molecule has 0 bridgehead atoms. The molecule has 12 aromatic rings. The van der Waals surface area contributed by atoms with Crippen LogP contribution < -0.4 is 0 Å². The summed E-state index contributed by atoms with van der Waals surface area (Å²) in [5, 5.41) is 3.76. The van der Waals surface area contributed by atoms with Crippen LogP contribution >= 0.6 is 0 Å². The molecule has 3 aromatic heterocycles. The van der Waals surface area contributed by atoms with E-state index in [9.17, 15) is 26.3 Å². The van der Waals surface area contributed by atoms with Crippen LogP contribution in [0.5, 0.6) is 0 Å². The van der Waals surface area contributed by atoms with Gasteiger partial charge in [0.1, 0.15) is 0 Å². The first-order chi connectivity index (χ1) is 34.0. The molecule has 0 aliphatic carbocycles. The van der Waals surface area contributed by atoms with Crippen molar-refractivity contribution in [3.63, 3.8) is 0 Å². The highest BCUT2D eigenvalue weighted by atomic mass is 19.4. The second kappa shape index (κ2) is 16.4. The largest absolute Gasteiger partial charge is 0.416 e. The summed E-state index contributed by atoms with van der Waals surface area (Å²) in [6.07, 6.45) is -10.0. The second-order valence-corrected chi connectivity index (χ2v) is 17.1. The lowest BCUT2D eigenvalue weighted by Gasteiger charge is -2.17. The lowest BCUT2D eigenvalue weighted by Crippen LogP contribution is -2.11. The second-order valence-electron chi connectivity index (χ2n) is 17.1. The zero-order valence-corrected chi connectivity index (χ0v) is 36.7. The molecule has 0 aliphatic heterocycles. The van der Waals surface area contributed by atoms with Crippen LogP contribution in [0.2, 0.25) is 0 Å². The Morgan fingerprint density at radius 2 is 0.714 bits per heavy atom. The lowest BCUT2D eigenvalue weighted by molar-refractivity contribution is -0.143. The molecule has 0 saturated carbocycles. The number of alkyl halides is 6. The van der Waals surface area contributed by atoms with Gasteiger partial charge in [0.05, 0.1) is 38.9 Å². The number of hydrogen-bond donors (Lipinski definition) is 0. The van der Waals surface area contributed by atoms with Crippen molar-refractivity contribution in [1.29, 1.82) is 0 Å². The molecule has 9 aromatic carbocycles. The Morgan fingerprint density at radius 3 is 1.26 bits per heavy atom. The van der Waals surface area contributed by atoms with E-state index in [1.165, 1.54) is 0 Å². The van der Waals surface area contributed by atoms with E-state index in [0.717, 1.165) is 78.2 Å². The zero-order chi connectivity index (χ0) is 47.7. The third kappa shape index (κ3) is 7.43. The summed E-state index contributed by atoms with van der Waals surface area (Å²) in [5.41, 5.74) is 6.06. The molecule has 0 saturated heterocycles. The van der Waals surface area contributed by atoms with E-state index in [2.05, 4.69) is 47.0 Å². The van der Waals surface area contributed by atoms with Crippen LogP contribution in [0.15, 0.2) is 212 Å². The summed E-state index contributed by atoms with van der Waals surface area (Å²) in [6, 6.07) is 64.4. The number of hydrogen-bond acceptors (Lipinski definition) is 3. The van der Waals surface area contributed by atoms with Gasteiger partial charge in [-0.25, -0.2) is 15.0 Å². The van der Waals surface area contributed by atoms with Crippen molar-refractivity contribution >= 4 is 43.6 Å². The van der Waals surface area contributed by atoms with E-state index in [0.29, 0.717) is 34.2 Å². The van der Waals surface area contributed by atoms with E-state index in [1.54, 1.807) is 18.2 Å². The molecule has 11 heteroatoms. The summed E-state index contributed by atoms with van der Waals surface area (Å²) in [7, 11) is 0. The summed E-state index contributed by atoms with van der Waals surface area (Å²) in [4.78, 5) is 15.3. The van der Waals surface area contributed by atoms with Crippen LogP contribution in [0.1, 0.15) is 11.1 Å². The smallest absolute Gasteiger partial charge is 0.309 e. The molecule has 3 heterocycles. The molecular formula is C59H35F6N5. The minimum absolute atomic E-state index is 0.147. The van der Waals surface area contributed by atoms with Gasteiger partial charge in [0.25, 0.3) is 0 Å². The van der Waals surface area contributed by atoms with Gasteiger partial charge < -0.3 is 9.13 Å². The average Bonchev–Trinajstić information content (AvgIpc) is 3.90. The van der Waals surface area contributed by atoms with Crippen LogP contribution in [0.3, 0.4) is 0 Å². The highest BCUT2D eigenvalue weighted by Crippen LogP contribution is 2.43. The Labute approximate surface area is 396 Å². The Kier molecular flexibility index (Phi) is 9.99. The molecule has 338 valence electrons. The summed E-state index contributed by atoms with van der Waals surface area (Å²) in [6.45, 7) is 0. The highest BCUT2D eigenvalue weighted by molar-refractivity contribution is 6.12. The normalized spacial score (nSPS) is 12.1. The molecule has 0 amide bonds. The van der Waals surface area contributed by atoms with Crippen LogP contribution in [-0.4, -0.2) is 24.1 Å². The first kappa shape index (κ1) is 42.5. The number of para-hydroxylation sites is 3. The molecule has 12 rings (SSSR count). The first-order valence-electron chi connectivity index (χ1n) is 22.4. The molecule has 70 heavy (non-hydrogen) atoms. The van der Waals surface area contributed by atoms with Crippen molar-refractivity contribution in [2.24, 2.45) is 0 Å². The maximum atomic E-state index is 14.2. The van der Waals surface area contributed by atoms with Gasteiger partial charge in [0, 0.05) is 43.9 Å². The van der Waals surface area contributed by atoms with Gasteiger partial charge in [-0.1, -0.05) is 146 Å². The first-order valence-corrected chi connectivity index (χ1v) is 22.4. The van der Waals surface area contributed by atoms with Crippen molar-refractivity contribution < 1.29 is 26.3 Å². The van der Waals surface area contributed by atoms with Crippen LogP contribution in [0.25, 0.3) is 111 Å². The Hall–Kier alpha value is -8.83. The fourth-order valence-corrected chi connectivity index (χ4v) is 9.56. The topological polar surface area (TPSA) is 48.5 Å². The monoisotopic (exact) mass is 927 g/mol. The fourth-order valence-electron chi connectivity index (χ4n) is 9.56. The minimum atomic E-state index is -5.02. The van der Waals surface area contributed by atoms with E-state index < -0.39 is 23.5 Å². The standard InChI is InChI=1S/C59H35F6N5/c60-58(61,62)42-30-41(31-43(35-42)59(63,64)65)40-25-28-48-46-21-11-13-23-51(46)70(54(48)34-40)52-29-26-38(39-24-27-47-45-20-10-12-22-50(45)69(53(47)33-39)44-18-8-3-9-19-44)32-49(52)57-67-55(36-14-4-1-5-15-36)66-56(68-57)37-16-6-2-7-17-37/h1-35H. The van der Waals surface area contributed by atoms with E-state index >= 15 is 0 Å². The molecule has 0 unspecified atom stereocenters. The third-order valence-corrected chi connectivity index (χ3v) is 12.8. The molecule has 0 aliphatic rings. The number of aromatic nitrogens is 5. The molecule has 0 radical (unpaired) electrons. The van der Waals surface area contributed by atoms with Gasteiger partial charge in [0.2, 0.25) is 0 Å². The van der Waals surface area contributed by atoms with Crippen LogP contribution in [0.4, 0.5) is 26.3 Å². The number of halogens is 6. The van der Waals surface area contributed by atoms with Gasteiger partial charge in [-0.15, -0.1) is 0 Å². The third-order valence-electron chi connectivity index (χ3n) is 12.8. The molecule has 0 fully saturated rings. The Bertz CT molecular complexity index is 3880. The van der Waals surface area contributed by atoms with Crippen LogP contribution in [0, 0.1) is 0 Å². The average molecular weight is 928 g/mol. The number of nitrogens with zero attached hydrogens (tertiary/aromatic N) is 5. The molecule has 5 nitrogen and oxygen atoms in total. The maximum Gasteiger partial charge on any atom is 0.416 e. The van der Waals surface area contributed by atoms with Gasteiger partial charge >= 0.3 is 12.4 Å². The predicted molar refractivity (Wildman–Crippen MR) is 266 cm³/mol. The van der Waals surface area contributed by atoms with Gasteiger partial charge in [-0.2, -0.15) is 26.3 Å². The minimum Gasteiger partial charge on any atom is -0.309 e. The predicted octanol–water partition coefficient (Wildman–Crippen LogP) is 16.4. The molecule has 0 N–H and O–H groups in total. The summed E-state index contributed by atoms with van der Waals surface area (Å²) < 4.78 is 89.4. The quantitative estimate of drug-likeness (QED) is 0.150. The zero-order valence-electron chi connectivity index (χ0n) is 36.7. The van der Waals surface area contributed by atoms with Gasteiger partial charge in [-0.05, 0) is 89.0 Å². The Morgan fingerprint density at radius 1 is 0.300 bits per heavy atom. The molecule has 0 spiro atoms. The van der Waals surface area contributed by atoms with Crippen molar-refractivity contribution in [3.8, 4) is 67.8 Å². The van der Waals surface area contributed by atoms with E-state index in [1.807, 2.05) is 138 Å². The highest BCUT2D eigenvalue weighted by Gasteiger charge is 2.37. The number of benzene rings is 9. The van der Waals surface area contributed by atoms with Gasteiger partial charge in [0.15, 0.2) is 17.5 Å². The van der Waals surface area contributed by atoms with E-state index in [4.69, 9.17) is 15.0 Å².